The van der Waals surface area contributed by atoms with Crippen LogP contribution >= 0.6 is 11.8 Å². The number of nitrogens with zero attached hydrogens (tertiary/aromatic N) is 2. The molecule has 1 N–H and O–H groups in total. The van der Waals surface area contributed by atoms with Crippen LogP contribution in [-0.2, 0) is 0 Å². The minimum absolute atomic E-state index is 0.105. The van der Waals surface area contributed by atoms with Gasteiger partial charge in [-0.3, -0.25) is 0 Å². The van der Waals surface area contributed by atoms with E-state index >= 15 is 0 Å². The minimum atomic E-state index is 0.105. The molecule has 2 aromatic rings. The van der Waals surface area contributed by atoms with E-state index in [0.717, 1.165) is 23.0 Å². The molecule has 1 unspecified atom stereocenters. The van der Waals surface area contributed by atoms with Crippen molar-refractivity contribution < 1.29 is 4.74 Å². The predicted molar refractivity (Wildman–Crippen MR) is 88.2 cm³/mol. The molecule has 0 radical (unpaired) electrons. The lowest BCUT2D eigenvalue weighted by Gasteiger charge is -2.18. The Balaban J connectivity index is 1.89. The van der Waals surface area contributed by atoms with Crippen molar-refractivity contribution in [3.8, 4) is 5.75 Å². The van der Waals surface area contributed by atoms with Gasteiger partial charge in [-0.25, -0.2) is 0 Å². The van der Waals surface area contributed by atoms with Crippen molar-refractivity contribution in [3.05, 3.63) is 42.0 Å². The summed E-state index contributed by atoms with van der Waals surface area (Å²) in [6, 6.07) is 12.0. The maximum Gasteiger partial charge on any atom is 0.148 e. The molecule has 21 heavy (non-hydrogen) atoms. The number of nitrogens with one attached hydrogen (secondary N) is 1. The highest BCUT2D eigenvalue weighted by Crippen LogP contribution is 2.16. The highest BCUT2D eigenvalue weighted by molar-refractivity contribution is 7.98. The SMILES string of the molecule is CCC(CNc1ccc(SC)nn1)Oc1cccc(C)c1. The quantitative estimate of drug-likeness (QED) is 0.789. The van der Waals surface area contributed by atoms with Gasteiger partial charge in [-0.1, -0.05) is 19.1 Å². The first-order valence-electron chi connectivity index (χ1n) is 7.06. The number of thioether (sulfide) groups is 1. The molecule has 4 nitrogen and oxygen atoms in total. The highest BCUT2D eigenvalue weighted by atomic mass is 32.2. The van der Waals surface area contributed by atoms with Gasteiger partial charge in [0.2, 0.25) is 0 Å². The van der Waals surface area contributed by atoms with Gasteiger partial charge in [0.25, 0.3) is 0 Å². The maximum atomic E-state index is 6.00. The van der Waals surface area contributed by atoms with Crippen LogP contribution in [-0.4, -0.2) is 29.1 Å². The second-order valence-electron chi connectivity index (χ2n) is 4.81. The molecule has 0 aliphatic heterocycles. The first-order valence-corrected chi connectivity index (χ1v) is 8.28. The zero-order valence-corrected chi connectivity index (χ0v) is 13.5. The largest absolute Gasteiger partial charge is 0.489 e. The van der Waals surface area contributed by atoms with Crippen LogP contribution in [0.1, 0.15) is 18.9 Å². The van der Waals surface area contributed by atoms with Gasteiger partial charge in [0.05, 0.1) is 6.54 Å². The number of hydrogen-bond acceptors (Lipinski definition) is 5. The Bertz CT molecular complexity index is 560. The average molecular weight is 303 g/mol. The summed E-state index contributed by atoms with van der Waals surface area (Å²) < 4.78 is 6.00. The van der Waals surface area contributed by atoms with Gasteiger partial charge < -0.3 is 10.1 Å². The smallest absolute Gasteiger partial charge is 0.148 e. The Kier molecular flexibility index (Phi) is 5.87. The van der Waals surface area contributed by atoms with E-state index < -0.39 is 0 Å². The van der Waals surface area contributed by atoms with E-state index in [1.807, 2.05) is 30.5 Å². The molecular formula is C16H21N3OS. The zero-order chi connectivity index (χ0) is 15.1. The van der Waals surface area contributed by atoms with Crippen molar-refractivity contribution in [2.45, 2.75) is 31.4 Å². The van der Waals surface area contributed by atoms with Crippen molar-refractivity contribution >= 4 is 17.6 Å². The Morgan fingerprint density at radius 1 is 1.24 bits per heavy atom. The highest BCUT2D eigenvalue weighted by Gasteiger charge is 2.08. The zero-order valence-electron chi connectivity index (χ0n) is 12.7. The summed E-state index contributed by atoms with van der Waals surface area (Å²) in [7, 11) is 0. The van der Waals surface area contributed by atoms with E-state index in [9.17, 15) is 0 Å². The number of aryl methyl sites for hydroxylation is 1. The molecule has 1 aromatic heterocycles. The first-order chi connectivity index (χ1) is 10.2. The second-order valence-corrected chi connectivity index (χ2v) is 5.63. The molecule has 1 aromatic carbocycles. The van der Waals surface area contributed by atoms with E-state index in [1.54, 1.807) is 11.8 Å². The number of rotatable bonds is 7. The van der Waals surface area contributed by atoms with Gasteiger partial charge in [-0.2, -0.15) is 0 Å². The number of ether oxygens (including phenoxy) is 1. The lowest BCUT2D eigenvalue weighted by Crippen LogP contribution is -2.25. The molecule has 1 heterocycles. The van der Waals surface area contributed by atoms with E-state index in [-0.39, 0.29) is 6.10 Å². The van der Waals surface area contributed by atoms with Crippen LogP contribution in [0.4, 0.5) is 5.82 Å². The molecule has 112 valence electrons. The maximum absolute atomic E-state index is 6.00. The average Bonchev–Trinajstić information content (AvgIpc) is 2.52. The molecule has 5 heteroatoms. The summed E-state index contributed by atoms with van der Waals surface area (Å²) in [5, 5.41) is 12.4. The van der Waals surface area contributed by atoms with E-state index in [2.05, 4.69) is 41.5 Å². The van der Waals surface area contributed by atoms with Crippen molar-refractivity contribution in [2.24, 2.45) is 0 Å². The van der Waals surface area contributed by atoms with Gasteiger partial charge >= 0.3 is 0 Å². The fraction of sp³-hybridized carbons (Fsp3) is 0.375. The third-order valence-electron chi connectivity index (χ3n) is 3.11. The van der Waals surface area contributed by atoms with Crippen molar-refractivity contribution in [3.63, 3.8) is 0 Å². The lowest BCUT2D eigenvalue weighted by atomic mass is 10.2. The number of hydrogen-bond donors (Lipinski definition) is 1. The molecule has 0 amide bonds. The van der Waals surface area contributed by atoms with Crippen LogP contribution in [0.2, 0.25) is 0 Å². The molecular weight excluding hydrogens is 282 g/mol. The predicted octanol–water partition coefficient (Wildman–Crippen LogP) is 3.78. The van der Waals surface area contributed by atoms with Crippen LogP contribution < -0.4 is 10.1 Å². The fourth-order valence-electron chi connectivity index (χ4n) is 1.89. The molecule has 0 saturated heterocycles. The second kappa shape index (κ2) is 7.88. The van der Waals surface area contributed by atoms with Gasteiger partial charge in [0, 0.05) is 0 Å². The molecule has 0 aliphatic rings. The third-order valence-corrected chi connectivity index (χ3v) is 3.74. The molecule has 0 saturated carbocycles. The molecule has 0 spiro atoms. The monoisotopic (exact) mass is 303 g/mol. The minimum Gasteiger partial charge on any atom is -0.489 e. The number of anilines is 1. The third kappa shape index (κ3) is 4.93. The number of aromatic nitrogens is 2. The van der Waals surface area contributed by atoms with E-state index in [4.69, 9.17) is 4.74 Å². The summed E-state index contributed by atoms with van der Waals surface area (Å²) in [5.41, 5.74) is 1.20. The summed E-state index contributed by atoms with van der Waals surface area (Å²) >= 11 is 1.58. The topological polar surface area (TPSA) is 47.0 Å². The van der Waals surface area contributed by atoms with Gasteiger partial charge in [0.1, 0.15) is 22.7 Å². The standard InChI is InChI=1S/C16H21N3OS/c1-4-13(20-14-7-5-6-12(2)10-14)11-17-15-8-9-16(21-3)19-18-15/h5-10,13H,4,11H2,1-3H3,(H,17,18). The van der Waals surface area contributed by atoms with E-state index in [0.29, 0.717) is 6.54 Å². The summed E-state index contributed by atoms with van der Waals surface area (Å²) in [5.74, 6) is 1.69. The van der Waals surface area contributed by atoms with Crippen molar-refractivity contribution in [1.29, 1.82) is 0 Å². The Morgan fingerprint density at radius 2 is 2.10 bits per heavy atom. The van der Waals surface area contributed by atoms with Crippen molar-refractivity contribution in [1.82, 2.24) is 10.2 Å². The van der Waals surface area contributed by atoms with Crippen LogP contribution in [0.5, 0.6) is 5.75 Å². The van der Waals surface area contributed by atoms with Crippen LogP contribution in [0.3, 0.4) is 0 Å². The van der Waals surface area contributed by atoms with Crippen LogP contribution in [0.25, 0.3) is 0 Å². The van der Waals surface area contributed by atoms with Crippen LogP contribution in [0.15, 0.2) is 41.4 Å². The van der Waals surface area contributed by atoms with E-state index in [1.165, 1.54) is 5.56 Å². The lowest BCUT2D eigenvalue weighted by molar-refractivity contribution is 0.210. The molecule has 0 fully saturated rings. The summed E-state index contributed by atoms with van der Waals surface area (Å²) in [4.78, 5) is 0. The van der Waals surface area contributed by atoms with Crippen LogP contribution in [0, 0.1) is 6.92 Å². The normalized spacial score (nSPS) is 12.0. The summed E-state index contributed by atoms with van der Waals surface area (Å²) in [6.45, 7) is 4.89. The Morgan fingerprint density at radius 3 is 2.71 bits per heavy atom. The van der Waals surface area contributed by atoms with Gasteiger partial charge in [-0.05, 0) is 49.4 Å². The number of benzene rings is 1. The Labute approximate surface area is 130 Å². The molecule has 1 atom stereocenters. The molecule has 0 bridgehead atoms. The first kappa shape index (κ1) is 15.6. The van der Waals surface area contributed by atoms with Gasteiger partial charge in [-0.15, -0.1) is 22.0 Å². The van der Waals surface area contributed by atoms with Gasteiger partial charge in [0.15, 0.2) is 0 Å². The molecule has 2 rings (SSSR count). The fourth-order valence-corrected chi connectivity index (χ4v) is 2.22. The Hall–Kier alpha value is -1.75. The van der Waals surface area contributed by atoms with Crippen molar-refractivity contribution in [2.75, 3.05) is 18.1 Å². The summed E-state index contributed by atoms with van der Waals surface area (Å²) in [6.07, 6.45) is 3.02. The molecule has 0 aliphatic carbocycles.